The maximum Gasteiger partial charge on any atom is 0.169 e. The lowest BCUT2D eigenvalue weighted by Crippen LogP contribution is -2.05. The van der Waals surface area contributed by atoms with E-state index >= 15 is 0 Å². The zero-order chi connectivity index (χ0) is 13.0. The third kappa shape index (κ3) is 2.80. The normalized spacial score (nSPS) is 10.3. The summed E-state index contributed by atoms with van der Waals surface area (Å²) in [6, 6.07) is 13.1. The lowest BCUT2D eigenvalue weighted by molar-refractivity contribution is 0.0978. The van der Waals surface area contributed by atoms with E-state index in [1.807, 2.05) is 30.3 Å². The number of halogens is 2. The summed E-state index contributed by atoms with van der Waals surface area (Å²) in [6.07, 6.45) is 0.694. The zero-order valence-corrected chi connectivity index (χ0v) is 9.70. The number of benzene rings is 2. The van der Waals surface area contributed by atoms with E-state index in [4.69, 9.17) is 0 Å². The third-order valence-electron chi connectivity index (χ3n) is 2.74. The molecule has 0 unspecified atom stereocenters. The average Bonchev–Trinajstić information content (AvgIpc) is 2.40. The van der Waals surface area contributed by atoms with Crippen molar-refractivity contribution >= 4 is 5.78 Å². The van der Waals surface area contributed by atoms with Crippen molar-refractivity contribution in [1.82, 2.24) is 0 Å². The first-order valence-corrected chi connectivity index (χ1v) is 5.69. The Balaban J connectivity index is 2.07. The first-order chi connectivity index (χ1) is 8.68. The van der Waals surface area contributed by atoms with Crippen LogP contribution >= 0.6 is 0 Å². The molecule has 0 bridgehead atoms. The van der Waals surface area contributed by atoms with Crippen molar-refractivity contribution in [3.05, 3.63) is 71.3 Å². The topological polar surface area (TPSA) is 17.1 Å². The van der Waals surface area contributed by atoms with Gasteiger partial charge in [0.15, 0.2) is 17.4 Å². The molecule has 0 amide bonds. The van der Waals surface area contributed by atoms with Gasteiger partial charge in [-0.2, -0.15) is 0 Å². The number of aryl methyl sites for hydroxylation is 1. The fourth-order valence-corrected chi connectivity index (χ4v) is 1.76. The smallest absolute Gasteiger partial charge is 0.169 e. The van der Waals surface area contributed by atoms with E-state index in [1.165, 1.54) is 12.1 Å². The van der Waals surface area contributed by atoms with Crippen LogP contribution in [0.15, 0.2) is 48.5 Å². The number of rotatable bonds is 4. The first kappa shape index (κ1) is 12.4. The Labute approximate surface area is 104 Å². The van der Waals surface area contributed by atoms with Gasteiger partial charge in [-0.15, -0.1) is 0 Å². The highest BCUT2D eigenvalue weighted by molar-refractivity contribution is 5.96. The van der Waals surface area contributed by atoms with E-state index in [0.29, 0.717) is 6.42 Å². The minimum absolute atomic E-state index is 0.171. The molecule has 0 fully saturated rings. The van der Waals surface area contributed by atoms with Crippen molar-refractivity contribution in [2.75, 3.05) is 0 Å². The van der Waals surface area contributed by atoms with E-state index in [9.17, 15) is 13.6 Å². The van der Waals surface area contributed by atoms with Crippen molar-refractivity contribution < 1.29 is 13.6 Å². The molecule has 2 aromatic rings. The Kier molecular flexibility index (Phi) is 3.82. The van der Waals surface area contributed by atoms with Gasteiger partial charge in [-0.1, -0.05) is 36.4 Å². The van der Waals surface area contributed by atoms with E-state index in [1.54, 1.807) is 0 Å². The molecule has 0 spiro atoms. The highest BCUT2D eigenvalue weighted by Gasteiger charge is 2.14. The SMILES string of the molecule is O=C(CCc1ccccc1)c1cccc(F)c1F. The molecule has 0 saturated carbocycles. The Morgan fingerprint density at radius 2 is 1.67 bits per heavy atom. The number of hydrogen-bond acceptors (Lipinski definition) is 1. The van der Waals surface area contributed by atoms with Gasteiger partial charge in [-0.05, 0) is 24.1 Å². The second-order valence-corrected chi connectivity index (χ2v) is 4.01. The van der Waals surface area contributed by atoms with Crippen LogP contribution in [0.3, 0.4) is 0 Å². The van der Waals surface area contributed by atoms with Crippen LogP contribution in [-0.4, -0.2) is 5.78 Å². The van der Waals surface area contributed by atoms with Gasteiger partial charge in [0.2, 0.25) is 0 Å². The van der Waals surface area contributed by atoms with Crippen LogP contribution in [0.25, 0.3) is 0 Å². The molecule has 2 rings (SSSR count). The number of Topliss-reactive ketones (excluding diaryl/α,β-unsaturated/α-hetero) is 1. The molecule has 0 aromatic heterocycles. The highest BCUT2D eigenvalue weighted by atomic mass is 19.2. The zero-order valence-electron chi connectivity index (χ0n) is 9.70. The molecule has 0 N–H and O–H groups in total. The summed E-state index contributed by atoms with van der Waals surface area (Å²) < 4.78 is 26.4. The van der Waals surface area contributed by atoms with Crippen molar-refractivity contribution in [2.45, 2.75) is 12.8 Å². The molecule has 2 aromatic carbocycles. The van der Waals surface area contributed by atoms with E-state index in [0.717, 1.165) is 11.6 Å². The van der Waals surface area contributed by atoms with E-state index in [2.05, 4.69) is 0 Å². The summed E-state index contributed by atoms with van der Waals surface area (Å²) in [7, 11) is 0. The van der Waals surface area contributed by atoms with Crippen molar-refractivity contribution in [3.8, 4) is 0 Å². The number of carbonyl (C=O) groups excluding carboxylic acids is 1. The lowest BCUT2D eigenvalue weighted by Gasteiger charge is -2.03. The highest BCUT2D eigenvalue weighted by Crippen LogP contribution is 2.14. The molecule has 0 heterocycles. The Hall–Kier alpha value is -2.03. The van der Waals surface area contributed by atoms with Gasteiger partial charge in [0.1, 0.15) is 0 Å². The molecular weight excluding hydrogens is 234 g/mol. The largest absolute Gasteiger partial charge is 0.294 e. The van der Waals surface area contributed by atoms with Gasteiger partial charge < -0.3 is 0 Å². The Morgan fingerprint density at radius 3 is 2.39 bits per heavy atom. The van der Waals surface area contributed by atoms with Crippen LogP contribution < -0.4 is 0 Å². The molecule has 0 aliphatic carbocycles. The van der Waals surface area contributed by atoms with Crippen molar-refractivity contribution in [1.29, 1.82) is 0 Å². The van der Waals surface area contributed by atoms with Gasteiger partial charge in [0.05, 0.1) is 5.56 Å². The summed E-state index contributed by atoms with van der Waals surface area (Å²) >= 11 is 0. The fraction of sp³-hybridized carbons (Fsp3) is 0.133. The summed E-state index contributed by atoms with van der Waals surface area (Å²) in [5.41, 5.74) is 0.827. The molecule has 0 saturated heterocycles. The van der Waals surface area contributed by atoms with Crippen LogP contribution in [0.4, 0.5) is 8.78 Å². The maximum atomic E-state index is 13.4. The van der Waals surface area contributed by atoms with Crippen molar-refractivity contribution in [2.24, 2.45) is 0 Å². The van der Waals surface area contributed by atoms with Gasteiger partial charge >= 0.3 is 0 Å². The third-order valence-corrected chi connectivity index (χ3v) is 2.74. The van der Waals surface area contributed by atoms with Crippen LogP contribution in [0.5, 0.6) is 0 Å². The Morgan fingerprint density at radius 1 is 0.944 bits per heavy atom. The van der Waals surface area contributed by atoms with Crippen LogP contribution in [0.1, 0.15) is 22.3 Å². The fourth-order valence-electron chi connectivity index (χ4n) is 1.76. The predicted octanol–water partition coefficient (Wildman–Crippen LogP) is 3.78. The Bertz CT molecular complexity index is 550. The second-order valence-electron chi connectivity index (χ2n) is 4.01. The molecule has 3 heteroatoms. The van der Waals surface area contributed by atoms with Gasteiger partial charge in [-0.3, -0.25) is 4.79 Å². The summed E-state index contributed by atoms with van der Waals surface area (Å²) in [6.45, 7) is 0. The van der Waals surface area contributed by atoms with Crippen LogP contribution in [0.2, 0.25) is 0 Å². The van der Waals surface area contributed by atoms with Gasteiger partial charge in [-0.25, -0.2) is 8.78 Å². The predicted molar refractivity (Wildman–Crippen MR) is 65.5 cm³/mol. The maximum absolute atomic E-state index is 13.4. The number of carbonyl (C=O) groups is 1. The standard InChI is InChI=1S/C15H12F2O/c16-13-8-4-7-12(15(13)17)14(18)10-9-11-5-2-1-3-6-11/h1-8H,9-10H2. The molecule has 0 radical (unpaired) electrons. The molecule has 0 aliphatic heterocycles. The van der Waals surface area contributed by atoms with Crippen LogP contribution in [0, 0.1) is 11.6 Å². The monoisotopic (exact) mass is 246 g/mol. The van der Waals surface area contributed by atoms with Gasteiger partial charge in [0, 0.05) is 6.42 Å². The summed E-state index contributed by atoms with van der Waals surface area (Å²) in [4.78, 5) is 11.8. The molecule has 0 atom stereocenters. The minimum atomic E-state index is -1.06. The van der Waals surface area contributed by atoms with E-state index < -0.39 is 11.6 Å². The minimum Gasteiger partial charge on any atom is -0.294 e. The van der Waals surface area contributed by atoms with E-state index in [-0.39, 0.29) is 17.8 Å². The number of hydrogen-bond donors (Lipinski definition) is 0. The molecule has 1 nitrogen and oxygen atoms in total. The van der Waals surface area contributed by atoms with Gasteiger partial charge in [0.25, 0.3) is 0 Å². The lowest BCUT2D eigenvalue weighted by atomic mass is 10.0. The molecule has 0 aliphatic rings. The number of ketones is 1. The second kappa shape index (κ2) is 5.54. The average molecular weight is 246 g/mol. The molecule has 92 valence electrons. The molecular formula is C15H12F2O. The first-order valence-electron chi connectivity index (χ1n) is 5.69. The molecule has 18 heavy (non-hydrogen) atoms. The summed E-state index contributed by atoms with van der Waals surface area (Å²) in [5.74, 6) is -2.42. The summed E-state index contributed by atoms with van der Waals surface area (Å²) in [5, 5.41) is 0. The van der Waals surface area contributed by atoms with Crippen molar-refractivity contribution in [3.63, 3.8) is 0 Å². The quantitative estimate of drug-likeness (QED) is 0.750. The van der Waals surface area contributed by atoms with Crippen LogP contribution in [-0.2, 0) is 6.42 Å².